The molecule has 0 aliphatic carbocycles. The van der Waals surface area contributed by atoms with E-state index < -0.39 is 9.84 Å². The number of nitrogens with zero attached hydrogens (tertiary/aromatic N) is 4. The third-order valence-electron chi connectivity index (χ3n) is 6.37. The first-order chi connectivity index (χ1) is 15.4. The molecular weight excluding hydrogens is 467 g/mol. The van der Waals surface area contributed by atoms with E-state index in [4.69, 9.17) is 23.2 Å². The lowest BCUT2D eigenvalue weighted by atomic mass is 9.97. The average molecular weight is 497 g/mol. The van der Waals surface area contributed by atoms with Crippen LogP contribution in [0, 0.1) is 5.92 Å². The minimum Gasteiger partial charge on any atom is -0.354 e. The number of hydrogen-bond acceptors (Lipinski definition) is 6. The van der Waals surface area contributed by atoms with E-state index in [0.29, 0.717) is 17.5 Å². The molecule has 4 rings (SSSR count). The molecule has 2 aliphatic rings. The summed E-state index contributed by atoms with van der Waals surface area (Å²) in [5.74, 6) is 1.68. The van der Waals surface area contributed by atoms with Crippen molar-refractivity contribution in [2.75, 3.05) is 63.0 Å². The molecule has 0 spiro atoms. The molecule has 0 N–H and O–H groups in total. The van der Waals surface area contributed by atoms with E-state index in [1.165, 1.54) is 12.5 Å². The number of benzene rings is 1. The number of anilines is 1. The predicted octanol–water partition coefficient (Wildman–Crippen LogP) is 3.70. The highest BCUT2D eigenvalue weighted by Gasteiger charge is 2.26. The molecule has 0 saturated carbocycles. The number of pyridine rings is 1. The second kappa shape index (κ2) is 10.7. The normalized spacial score (nSPS) is 21.1. The van der Waals surface area contributed by atoms with Gasteiger partial charge in [-0.25, -0.2) is 13.4 Å². The van der Waals surface area contributed by atoms with Gasteiger partial charge < -0.3 is 9.80 Å². The maximum Gasteiger partial charge on any atom is 0.181 e. The zero-order valence-corrected chi connectivity index (χ0v) is 20.5. The molecule has 174 valence electrons. The van der Waals surface area contributed by atoms with Crippen molar-refractivity contribution >= 4 is 38.9 Å². The fourth-order valence-electron chi connectivity index (χ4n) is 4.64. The SMILES string of the molecule is O=S(=O)(CCN1CCCC(CN2CCN(c3ccccn3)CC2)C1)c1cc(Cl)ccc1Cl. The highest BCUT2D eigenvalue weighted by molar-refractivity contribution is 7.91. The van der Waals surface area contributed by atoms with Crippen LogP contribution in [0.4, 0.5) is 5.82 Å². The Labute approximate surface area is 201 Å². The van der Waals surface area contributed by atoms with Gasteiger partial charge in [0.25, 0.3) is 0 Å². The Kier molecular flexibility index (Phi) is 7.95. The third kappa shape index (κ3) is 6.14. The van der Waals surface area contributed by atoms with Crippen LogP contribution < -0.4 is 4.90 Å². The van der Waals surface area contributed by atoms with Gasteiger partial charge in [-0.3, -0.25) is 4.90 Å². The van der Waals surface area contributed by atoms with Crippen molar-refractivity contribution in [1.82, 2.24) is 14.8 Å². The van der Waals surface area contributed by atoms with Gasteiger partial charge in [-0.1, -0.05) is 29.3 Å². The molecule has 2 fully saturated rings. The van der Waals surface area contributed by atoms with Gasteiger partial charge in [0.05, 0.1) is 15.7 Å². The van der Waals surface area contributed by atoms with Gasteiger partial charge in [0.1, 0.15) is 5.82 Å². The van der Waals surface area contributed by atoms with Crippen molar-refractivity contribution in [3.05, 3.63) is 52.6 Å². The Hall–Kier alpha value is -1.38. The largest absolute Gasteiger partial charge is 0.354 e. The van der Waals surface area contributed by atoms with Gasteiger partial charge >= 0.3 is 0 Å². The minimum atomic E-state index is -3.47. The average Bonchev–Trinajstić information content (AvgIpc) is 2.81. The summed E-state index contributed by atoms with van der Waals surface area (Å²) in [6.45, 7) is 7.54. The number of likely N-dealkylation sites (tertiary alicyclic amines) is 1. The van der Waals surface area contributed by atoms with Crippen molar-refractivity contribution in [1.29, 1.82) is 0 Å². The molecule has 6 nitrogen and oxygen atoms in total. The Morgan fingerprint density at radius 2 is 1.81 bits per heavy atom. The first-order valence-electron chi connectivity index (χ1n) is 11.2. The quantitative estimate of drug-likeness (QED) is 0.582. The van der Waals surface area contributed by atoms with E-state index in [1.54, 1.807) is 12.1 Å². The molecule has 2 aliphatic heterocycles. The van der Waals surface area contributed by atoms with Crippen molar-refractivity contribution in [2.45, 2.75) is 17.7 Å². The third-order valence-corrected chi connectivity index (χ3v) is 8.77. The van der Waals surface area contributed by atoms with Crippen LogP contribution in [0.25, 0.3) is 0 Å². The van der Waals surface area contributed by atoms with Crippen LogP contribution in [0.3, 0.4) is 0 Å². The Bertz CT molecular complexity index is 998. The minimum absolute atomic E-state index is 0.0581. The van der Waals surface area contributed by atoms with Gasteiger partial charge in [-0.2, -0.15) is 0 Å². The van der Waals surface area contributed by atoms with Crippen LogP contribution in [-0.2, 0) is 9.84 Å². The van der Waals surface area contributed by atoms with Crippen molar-refractivity contribution in [2.24, 2.45) is 5.92 Å². The fraction of sp³-hybridized carbons (Fsp3) is 0.522. The zero-order chi connectivity index (χ0) is 22.6. The number of halogens is 2. The van der Waals surface area contributed by atoms with Crippen molar-refractivity contribution in [3.8, 4) is 0 Å². The number of rotatable bonds is 7. The van der Waals surface area contributed by atoms with Crippen molar-refractivity contribution in [3.63, 3.8) is 0 Å². The van der Waals surface area contributed by atoms with Gasteiger partial charge in [0.15, 0.2) is 9.84 Å². The van der Waals surface area contributed by atoms with Gasteiger partial charge in [-0.15, -0.1) is 0 Å². The maximum absolute atomic E-state index is 12.8. The molecule has 9 heteroatoms. The number of hydrogen-bond donors (Lipinski definition) is 0. The Morgan fingerprint density at radius 1 is 1.00 bits per heavy atom. The zero-order valence-electron chi connectivity index (χ0n) is 18.2. The lowest BCUT2D eigenvalue weighted by Crippen LogP contribution is -2.50. The van der Waals surface area contributed by atoms with E-state index in [2.05, 4.69) is 25.8 Å². The molecule has 2 saturated heterocycles. The highest BCUT2D eigenvalue weighted by Crippen LogP contribution is 2.26. The summed E-state index contributed by atoms with van der Waals surface area (Å²) in [5, 5.41) is 0.616. The maximum atomic E-state index is 12.8. The number of piperidine rings is 1. The smallest absolute Gasteiger partial charge is 0.181 e. The van der Waals surface area contributed by atoms with E-state index in [9.17, 15) is 8.42 Å². The summed E-state index contributed by atoms with van der Waals surface area (Å²) in [6.07, 6.45) is 4.15. The molecule has 1 aromatic heterocycles. The highest BCUT2D eigenvalue weighted by atomic mass is 35.5. The molecule has 2 aromatic rings. The van der Waals surface area contributed by atoms with E-state index in [0.717, 1.165) is 58.1 Å². The molecule has 1 aromatic carbocycles. The lowest BCUT2D eigenvalue weighted by molar-refractivity contribution is 0.134. The molecule has 0 bridgehead atoms. The van der Waals surface area contributed by atoms with Crippen LogP contribution in [-0.4, -0.2) is 81.3 Å². The van der Waals surface area contributed by atoms with Crippen LogP contribution in [0.2, 0.25) is 10.0 Å². The summed E-state index contributed by atoms with van der Waals surface area (Å²) >= 11 is 12.1. The summed E-state index contributed by atoms with van der Waals surface area (Å²) in [4.78, 5) is 11.8. The van der Waals surface area contributed by atoms with Crippen molar-refractivity contribution < 1.29 is 8.42 Å². The Morgan fingerprint density at radius 3 is 2.56 bits per heavy atom. The van der Waals surface area contributed by atoms with Crippen LogP contribution in [0.1, 0.15) is 12.8 Å². The van der Waals surface area contributed by atoms with Gasteiger partial charge in [-0.05, 0) is 55.6 Å². The number of aromatic nitrogens is 1. The first kappa shape index (κ1) is 23.8. The van der Waals surface area contributed by atoms with E-state index in [1.807, 2.05) is 18.3 Å². The number of sulfone groups is 1. The molecular formula is C23H30Cl2N4O2S. The monoisotopic (exact) mass is 496 g/mol. The topological polar surface area (TPSA) is 56.8 Å². The standard InChI is InChI=1S/C23H30Cl2N4O2S/c24-20-6-7-21(25)22(16-20)32(30,31)15-14-27-9-3-4-19(17-27)18-28-10-12-29(13-11-28)23-5-1-2-8-26-23/h1-2,5-8,16,19H,3-4,9-15,17-18H2. The predicted molar refractivity (Wildman–Crippen MR) is 131 cm³/mol. The van der Waals surface area contributed by atoms with Gasteiger partial charge in [0, 0.05) is 57.0 Å². The first-order valence-corrected chi connectivity index (χ1v) is 13.6. The summed E-state index contributed by atoms with van der Waals surface area (Å²) in [5.41, 5.74) is 0. The van der Waals surface area contributed by atoms with E-state index in [-0.39, 0.29) is 15.7 Å². The van der Waals surface area contributed by atoms with Crippen LogP contribution >= 0.6 is 23.2 Å². The van der Waals surface area contributed by atoms with E-state index >= 15 is 0 Å². The van der Waals surface area contributed by atoms with Gasteiger partial charge in [0.2, 0.25) is 0 Å². The molecule has 3 heterocycles. The fourth-order valence-corrected chi connectivity index (χ4v) is 6.74. The Balaban J connectivity index is 1.25. The summed E-state index contributed by atoms with van der Waals surface area (Å²) < 4.78 is 25.6. The van der Waals surface area contributed by atoms with Crippen LogP contribution in [0.5, 0.6) is 0 Å². The number of piperazine rings is 1. The molecule has 1 unspecified atom stereocenters. The lowest BCUT2D eigenvalue weighted by Gasteiger charge is -2.39. The van der Waals surface area contributed by atoms with Crippen LogP contribution in [0.15, 0.2) is 47.5 Å². The molecule has 0 amide bonds. The molecule has 0 radical (unpaired) electrons. The molecule has 32 heavy (non-hydrogen) atoms. The second-order valence-corrected chi connectivity index (χ2v) is 11.6. The summed E-state index contributed by atoms with van der Waals surface area (Å²) in [6, 6.07) is 10.6. The second-order valence-electron chi connectivity index (χ2n) is 8.68. The summed E-state index contributed by atoms with van der Waals surface area (Å²) in [7, 11) is -3.47. The molecule has 1 atom stereocenters.